The first-order valence-corrected chi connectivity index (χ1v) is 7.66. The minimum Gasteiger partial charge on any atom is -0.294 e. The van der Waals surface area contributed by atoms with E-state index in [-0.39, 0.29) is 5.91 Å². The van der Waals surface area contributed by atoms with Crippen LogP contribution in [0.2, 0.25) is 0 Å². The predicted octanol–water partition coefficient (Wildman–Crippen LogP) is 2.00. The molecule has 3 aromatic heterocycles. The quantitative estimate of drug-likeness (QED) is 0.721. The number of anilines is 1. The average Bonchev–Trinajstić information content (AvgIpc) is 3.16. The number of carbonyl (C=O) groups excluding carboxylic acids is 1. The summed E-state index contributed by atoms with van der Waals surface area (Å²) >= 11 is 0. The molecule has 1 saturated heterocycles. The van der Waals surface area contributed by atoms with Gasteiger partial charge in [-0.1, -0.05) is 0 Å². The molecule has 4 heterocycles. The highest BCUT2D eigenvalue weighted by Gasteiger charge is 2.35. The zero-order valence-electron chi connectivity index (χ0n) is 13.0. The van der Waals surface area contributed by atoms with Gasteiger partial charge in [-0.2, -0.15) is 5.26 Å². The van der Waals surface area contributed by atoms with Gasteiger partial charge in [0.25, 0.3) is 0 Å². The van der Waals surface area contributed by atoms with Crippen LogP contribution in [0.1, 0.15) is 12.1 Å². The van der Waals surface area contributed by atoms with Crippen molar-refractivity contribution in [1.82, 2.24) is 19.7 Å². The van der Waals surface area contributed by atoms with Gasteiger partial charge in [0.1, 0.15) is 5.92 Å². The Hall–Kier alpha value is -3.27. The lowest BCUT2D eigenvalue weighted by Gasteiger charge is -2.12. The number of amides is 1. The number of fused-ring (bicyclic) bond motifs is 1. The summed E-state index contributed by atoms with van der Waals surface area (Å²) in [4.78, 5) is 22.5. The van der Waals surface area contributed by atoms with E-state index in [2.05, 4.69) is 21.1 Å². The molecule has 118 valence electrons. The lowest BCUT2D eigenvalue weighted by molar-refractivity contribution is -0.119. The Morgan fingerprint density at radius 3 is 2.88 bits per heavy atom. The topological polar surface area (TPSA) is 87.7 Å². The van der Waals surface area contributed by atoms with Crippen molar-refractivity contribution in [3.63, 3.8) is 0 Å². The lowest BCUT2D eigenvalue weighted by Crippen LogP contribution is -2.27. The van der Waals surface area contributed by atoms with Crippen LogP contribution in [-0.4, -0.2) is 32.2 Å². The summed E-state index contributed by atoms with van der Waals surface area (Å²) in [5.74, 6) is -0.216. The third kappa shape index (κ3) is 2.12. The Balaban J connectivity index is 1.88. The van der Waals surface area contributed by atoms with Crippen molar-refractivity contribution in [2.75, 3.05) is 11.4 Å². The first kappa shape index (κ1) is 14.3. The van der Waals surface area contributed by atoms with Crippen molar-refractivity contribution < 1.29 is 4.79 Å². The molecule has 0 saturated carbocycles. The van der Waals surface area contributed by atoms with Gasteiger partial charge in [0.15, 0.2) is 5.82 Å². The monoisotopic (exact) mass is 318 g/mol. The predicted molar refractivity (Wildman–Crippen MR) is 87.5 cm³/mol. The molecule has 1 unspecified atom stereocenters. The lowest BCUT2D eigenvalue weighted by atomic mass is 10.1. The second-order valence-corrected chi connectivity index (χ2v) is 5.75. The van der Waals surface area contributed by atoms with Crippen LogP contribution < -0.4 is 4.90 Å². The van der Waals surface area contributed by atoms with Gasteiger partial charge in [-0.15, -0.1) is 5.10 Å². The molecule has 4 rings (SSSR count). The van der Waals surface area contributed by atoms with Crippen molar-refractivity contribution in [1.29, 1.82) is 5.26 Å². The zero-order chi connectivity index (χ0) is 16.7. The van der Waals surface area contributed by atoms with Crippen molar-refractivity contribution in [2.45, 2.75) is 13.3 Å². The largest absolute Gasteiger partial charge is 0.294 e. The fourth-order valence-electron chi connectivity index (χ4n) is 2.94. The molecule has 0 N–H and O–H groups in total. The van der Waals surface area contributed by atoms with Crippen molar-refractivity contribution in [3.8, 4) is 11.8 Å². The number of rotatable bonds is 2. The van der Waals surface area contributed by atoms with Gasteiger partial charge in [-0.25, -0.2) is 4.68 Å². The minimum atomic E-state index is -0.590. The number of nitrogens with zero attached hydrogens (tertiary/aromatic N) is 6. The summed E-state index contributed by atoms with van der Waals surface area (Å²) in [5.41, 5.74) is 2.51. The van der Waals surface area contributed by atoms with Crippen LogP contribution in [0.5, 0.6) is 0 Å². The van der Waals surface area contributed by atoms with E-state index in [4.69, 9.17) is 5.26 Å². The van der Waals surface area contributed by atoms with Crippen LogP contribution in [0.3, 0.4) is 0 Å². The Morgan fingerprint density at radius 1 is 1.29 bits per heavy atom. The van der Waals surface area contributed by atoms with Crippen LogP contribution in [-0.2, 0) is 4.79 Å². The van der Waals surface area contributed by atoms with E-state index in [1.165, 1.54) is 0 Å². The summed E-state index contributed by atoms with van der Waals surface area (Å²) in [6.45, 7) is 2.42. The first-order valence-electron chi connectivity index (χ1n) is 7.66. The second-order valence-electron chi connectivity index (χ2n) is 5.75. The number of nitriles is 1. The SMILES string of the molecule is Cc1ccc(-n2nc(N3CCC(C#N)C3=O)c3ccncc32)cn1. The highest BCUT2D eigenvalue weighted by atomic mass is 16.2. The zero-order valence-corrected chi connectivity index (χ0v) is 13.0. The van der Waals surface area contributed by atoms with Gasteiger partial charge < -0.3 is 0 Å². The summed E-state index contributed by atoms with van der Waals surface area (Å²) in [7, 11) is 0. The Kier molecular flexibility index (Phi) is 3.24. The number of carbonyl (C=O) groups is 1. The molecule has 1 atom stereocenters. The molecular weight excluding hydrogens is 304 g/mol. The van der Waals surface area contributed by atoms with E-state index in [0.717, 1.165) is 22.3 Å². The molecule has 1 aliphatic heterocycles. The van der Waals surface area contributed by atoms with Crippen LogP contribution in [0.4, 0.5) is 5.82 Å². The normalized spacial score (nSPS) is 17.4. The molecule has 0 spiro atoms. The Labute approximate surface area is 138 Å². The summed E-state index contributed by atoms with van der Waals surface area (Å²) in [5, 5.41) is 14.5. The fraction of sp³-hybridized carbons (Fsp3) is 0.235. The Bertz CT molecular complexity index is 969. The van der Waals surface area contributed by atoms with E-state index in [0.29, 0.717) is 18.8 Å². The standard InChI is InChI=1S/C17H14N6O/c1-11-2-3-13(9-20-11)23-15-10-19-6-4-14(15)16(21-23)22-7-5-12(8-18)17(22)24/h2-4,6,9-10,12H,5,7H2,1H3. The highest BCUT2D eigenvalue weighted by molar-refractivity contribution is 6.04. The van der Waals surface area contributed by atoms with Crippen LogP contribution in [0.25, 0.3) is 16.6 Å². The number of hydrogen-bond donors (Lipinski definition) is 0. The number of aromatic nitrogens is 4. The third-order valence-electron chi connectivity index (χ3n) is 4.22. The third-order valence-corrected chi connectivity index (χ3v) is 4.22. The first-order chi connectivity index (χ1) is 11.7. The average molecular weight is 318 g/mol. The van der Waals surface area contributed by atoms with Gasteiger partial charge in [-0.05, 0) is 31.5 Å². The molecule has 0 bridgehead atoms. The maximum absolute atomic E-state index is 12.4. The maximum atomic E-state index is 12.4. The molecule has 0 aliphatic carbocycles. The van der Waals surface area contributed by atoms with E-state index in [1.807, 2.05) is 25.1 Å². The van der Waals surface area contributed by atoms with Gasteiger partial charge >= 0.3 is 0 Å². The van der Waals surface area contributed by atoms with Gasteiger partial charge in [0, 0.05) is 23.8 Å². The number of hydrogen-bond acceptors (Lipinski definition) is 5. The molecule has 0 radical (unpaired) electrons. The van der Waals surface area contributed by atoms with Crippen molar-refractivity contribution >= 4 is 22.6 Å². The minimum absolute atomic E-state index is 0.192. The van der Waals surface area contributed by atoms with Gasteiger partial charge in [0.2, 0.25) is 5.91 Å². The Morgan fingerprint density at radius 2 is 2.17 bits per heavy atom. The van der Waals surface area contributed by atoms with E-state index in [1.54, 1.807) is 28.2 Å². The van der Waals surface area contributed by atoms with E-state index >= 15 is 0 Å². The molecule has 7 heteroatoms. The number of aryl methyl sites for hydroxylation is 1. The summed E-state index contributed by atoms with van der Waals surface area (Å²) in [6, 6.07) is 7.73. The van der Waals surface area contributed by atoms with Gasteiger partial charge in [0.05, 0.1) is 29.7 Å². The van der Waals surface area contributed by atoms with Crippen molar-refractivity contribution in [2.24, 2.45) is 5.92 Å². The molecule has 1 amide bonds. The summed E-state index contributed by atoms with van der Waals surface area (Å²) < 4.78 is 1.73. The molecule has 1 aliphatic rings. The molecule has 3 aromatic rings. The molecule has 24 heavy (non-hydrogen) atoms. The number of pyridine rings is 2. The fourth-order valence-corrected chi connectivity index (χ4v) is 2.94. The van der Waals surface area contributed by atoms with E-state index < -0.39 is 5.92 Å². The van der Waals surface area contributed by atoms with Crippen LogP contribution in [0.15, 0.2) is 36.8 Å². The molecule has 7 nitrogen and oxygen atoms in total. The molecule has 1 fully saturated rings. The van der Waals surface area contributed by atoms with Crippen molar-refractivity contribution in [3.05, 3.63) is 42.5 Å². The van der Waals surface area contributed by atoms with Crippen LogP contribution >= 0.6 is 0 Å². The van der Waals surface area contributed by atoms with Gasteiger partial charge in [-0.3, -0.25) is 19.7 Å². The summed E-state index contributed by atoms with van der Waals surface area (Å²) in [6.07, 6.45) is 5.66. The van der Waals surface area contributed by atoms with Crippen LogP contribution in [0, 0.1) is 24.2 Å². The molecule has 0 aromatic carbocycles. The second kappa shape index (κ2) is 5.42. The molecular formula is C17H14N6O. The van der Waals surface area contributed by atoms with E-state index in [9.17, 15) is 4.79 Å². The highest BCUT2D eigenvalue weighted by Crippen LogP contribution is 2.31. The smallest absolute Gasteiger partial charge is 0.245 e. The maximum Gasteiger partial charge on any atom is 0.245 e.